The van der Waals surface area contributed by atoms with Crippen LogP contribution in [-0.4, -0.2) is 49.7 Å². The molecule has 2 aromatic rings. The van der Waals surface area contributed by atoms with Crippen LogP contribution in [0.5, 0.6) is 0 Å². The highest BCUT2D eigenvalue weighted by atomic mass is 19.4. The van der Waals surface area contributed by atoms with Gasteiger partial charge in [0, 0.05) is 13.0 Å². The number of rotatable bonds is 6. The van der Waals surface area contributed by atoms with Gasteiger partial charge in [-0.05, 0) is 35.4 Å². The summed E-state index contributed by atoms with van der Waals surface area (Å²) in [7, 11) is 1.16. The third-order valence-electron chi connectivity index (χ3n) is 4.68. The van der Waals surface area contributed by atoms with Gasteiger partial charge in [0.05, 0.1) is 30.5 Å². The molecule has 0 saturated carbocycles. The van der Waals surface area contributed by atoms with E-state index in [0.29, 0.717) is 12.1 Å². The van der Waals surface area contributed by atoms with Crippen molar-refractivity contribution in [2.75, 3.05) is 32.1 Å². The third kappa shape index (κ3) is 5.33. The number of amides is 2. The quantitative estimate of drug-likeness (QED) is 0.694. The van der Waals surface area contributed by atoms with E-state index in [1.54, 1.807) is 0 Å². The molecule has 1 fully saturated rings. The van der Waals surface area contributed by atoms with E-state index in [2.05, 4.69) is 5.32 Å². The fourth-order valence-corrected chi connectivity index (χ4v) is 3.06. The molecule has 0 spiro atoms. The lowest BCUT2D eigenvalue weighted by Crippen LogP contribution is -2.28. The van der Waals surface area contributed by atoms with Crippen LogP contribution in [-0.2, 0) is 20.4 Å². The van der Waals surface area contributed by atoms with Gasteiger partial charge in [-0.25, -0.2) is 9.59 Å². The smallest absolute Gasteiger partial charge is 0.416 e. The molecule has 31 heavy (non-hydrogen) atoms. The first-order valence-electron chi connectivity index (χ1n) is 9.30. The fraction of sp³-hybridized carbons (Fsp3) is 0.286. The van der Waals surface area contributed by atoms with Gasteiger partial charge in [0.15, 0.2) is 0 Å². The largest absolute Gasteiger partial charge is 0.465 e. The van der Waals surface area contributed by atoms with E-state index in [-0.39, 0.29) is 36.4 Å². The molecule has 0 radical (unpaired) electrons. The molecule has 1 N–H and O–H groups in total. The van der Waals surface area contributed by atoms with E-state index in [4.69, 9.17) is 9.47 Å². The highest BCUT2D eigenvalue weighted by Gasteiger charge is 2.30. The van der Waals surface area contributed by atoms with Gasteiger partial charge in [0.1, 0.15) is 6.61 Å². The number of hydrogen-bond acceptors (Lipinski definition) is 5. The van der Waals surface area contributed by atoms with Crippen molar-refractivity contribution >= 4 is 23.7 Å². The average molecular weight is 436 g/mol. The number of carbonyl (C=O) groups is 3. The van der Waals surface area contributed by atoms with Gasteiger partial charge in [0.25, 0.3) is 0 Å². The molecule has 2 aromatic carbocycles. The second kappa shape index (κ2) is 9.07. The summed E-state index contributed by atoms with van der Waals surface area (Å²) in [5.41, 5.74) is -0.0694. The molecule has 1 aliphatic heterocycles. The van der Waals surface area contributed by atoms with Gasteiger partial charge in [-0.1, -0.05) is 18.2 Å². The first-order chi connectivity index (χ1) is 14.7. The molecule has 10 heteroatoms. The number of alkyl halides is 3. The topological polar surface area (TPSA) is 84.9 Å². The molecule has 164 valence electrons. The summed E-state index contributed by atoms with van der Waals surface area (Å²) in [6.07, 6.45) is -5.02. The second-order valence-electron chi connectivity index (χ2n) is 6.73. The van der Waals surface area contributed by atoms with Crippen LogP contribution in [0, 0.1) is 0 Å². The molecule has 2 amide bonds. The second-order valence-corrected chi connectivity index (χ2v) is 6.73. The third-order valence-corrected chi connectivity index (χ3v) is 4.68. The number of hydrogen-bond donors (Lipinski definition) is 1. The van der Waals surface area contributed by atoms with Crippen LogP contribution in [0.1, 0.15) is 22.3 Å². The summed E-state index contributed by atoms with van der Waals surface area (Å²) in [5, 5.41) is 2.58. The highest BCUT2D eigenvalue weighted by molar-refractivity contribution is 6.02. The molecule has 1 saturated heterocycles. The Hall–Kier alpha value is -3.56. The van der Waals surface area contributed by atoms with Gasteiger partial charge in [-0.15, -0.1) is 0 Å². The Balaban J connectivity index is 1.81. The fourth-order valence-electron chi connectivity index (χ4n) is 3.06. The Labute approximate surface area is 175 Å². The first kappa shape index (κ1) is 22.1. The van der Waals surface area contributed by atoms with E-state index in [1.807, 2.05) is 0 Å². The van der Waals surface area contributed by atoms with E-state index in [9.17, 15) is 27.6 Å². The zero-order valence-corrected chi connectivity index (χ0v) is 16.5. The van der Waals surface area contributed by atoms with Crippen molar-refractivity contribution in [3.63, 3.8) is 0 Å². The van der Waals surface area contributed by atoms with Crippen LogP contribution in [0.2, 0.25) is 0 Å². The summed E-state index contributed by atoms with van der Waals surface area (Å²) in [4.78, 5) is 37.3. The van der Waals surface area contributed by atoms with E-state index in [1.165, 1.54) is 35.2 Å². The lowest BCUT2D eigenvalue weighted by molar-refractivity contribution is -0.137. The number of esters is 1. The molecule has 1 heterocycles. The van der Waals surface area contributed by atoms with Crippen molar-refractivity contribution < 1.29 is 37.0 Å². The zero-order valence-electron chi connectivity index (χ0n) is 16.5. The van der Waals surface area contributed by atoms with Crippen LogP contribution in [0.3, 0.4) is 0 Å². The molecule has 0 aromatic heterocycles. The summed E-state index contributed by atoms with van der Waals surface area (Å²) < 4.78 is 48.6. The average Bonchev–Trinajstić information content (AvgIpc) is 3.16. The summed E-state index contributed by atoms with van der Waals surface area (Å²) in [5.74, 6) is -1.20. The maximum absolute atomic E-state index is 13.0. The Bertz CT molecular complexity index is 1010. The molecule has 3 rings (SSSR count). The number of nitrogens with zero attached hydrogens (tertiary/aromatic N) is 1. The van der Waals surface area contributed by atoms with Crippen molar-refractivity contribution in [2.45, 2.75) is 12.6 Å². The Morgan fingerprint density at radius 2 is 1.90 bits per heavy atom. The summed E-state index contributed by atoms with van der Waals surface area (Å²) >= 11 is 0. The predicted octanol–water partition coefficient (Wildman–Crippen LogP) is 3.94. The SMILES string of the molecule is COC(=O)c1cc(-c2cccc(C(F)(F)F)c2)ccc1NC(=O)CCN1CCOC1=O. The van der Waals surface area contributed by atoms with Crippen LogP contribution in [0.25, 0.3) is 11.1 Å². The zero-order chi connectivity index (χ0) is 22.6. The number of anilines is 1. The Kier molecular flexibility index (Phi) is 6.47. The first-order valence-corrected chi connectivity index (χ1v) is 9.30. The summed E-state index contributed by atoms with van der Waals surface area (Å²) in [6, 6.07) is 8.96. The maximum Gasteiger partial charge on any atom is 0.416 e. The van der Waals surface area contributed by atoms with Gasteiger partial charge >= 0.3 is 18.2 Å². The van der Waals surface area contributed by atoms with Gasteiger partial charge < -0.3 is 19.7 Å². The lowest BCUT2D eigenvalue weighted by Gasteiger charge is -2.15. The van der Waals surface area contributed by atoms with Crippen molar-refractivity contribution in [3.8, 4) is 11.1 Å². The van der Waals surface area contributed by atoms with Gasteiger partial charge in [-0.3, -0.25) is 4.79 Å². The molecule has 7 nitrogen and oxygen atoms in total. The minimum absolute atomic E-state index is 0.00801. The predicted molar refractivity (Wildman–Crippen MR) is 104 cm³/mol. The molecule has 0 aliphatic carbocycles. The minimum Gasteiger partial charge on any atom is -0.465 e. The van der Waals surface area contributed by atoms with E-state index >= 15 is 0 Å². The molecule has 0 atom stereocenters. The van der Waals surface area contributed by atoms with Gasteiger partial charge in [-0.2, -0.15) is 13.2 Å². The van der Waals surface area contributed by atoms with Crippen LogP contribution in [0.15, 0.2) is 42.5 Å². The molecular weight excluding hydrogens is 417 g/mol. The number of ether oxygens (including phenoxy) is 2. The van der Waals surface area contributed by atoms with Gasteiger partial charge in [0.2, 0.25) is 5.91 Å². The van der Waals surface area contributed by atoms with Crippen molar-refractivity contribution in [2.24, 2.45) is 0 Å². The minimum atomic E-state index is -4.50. The van der Waals surface area contributed by atoms with Crippen molar-refractivity contribution in [1.82, 2.24) is 4.90 Å². The number of cyclic esters (lactones) is 1. The molecule has 0 bridgehead atoms. The van der Waals surface area contributed by atoms with Crippen LogP contribution >= 0.6 is 0 Å². The Morgan fingerprint density at radius 1 is 1.16 bits per heavy atom. The standard InChI is InChI=1S/C21H19F3N2O5/c1-30-19(28)16-12-14(13-3-2-4-15(11-13)21(22,23)24)5-6-17(16)25-18(27)7-8-26-9-10-31-20(26)29/h2-6,11-12H,7-10H2,1H3,(H,25,27). The normalized spacial score (nSPS) is 13.7. The Morgan fingerprint density at radius 3 is 2.55 bits per heavy atom. The number of carbonyl (C=O) groups excluding carboxylic acids is 3. The lowest BCUT2D eigenvalue weighted by atomic mass is 9.99. The number of benzene rings is 2. The van der Waals surface area contributed by atoms with E-state index in [0.717, 1.165) is 19.2 Å². The number of halogens is 3. The van der Waals surface area contributed by atoms with E-state index < -0.39 is 29.7 Å². The van der Waals surface area contributed by atoms with Crippen molar-refractivity contribution in [3.05, 3.63) is 53.6 Å². The van der Waals surface area contributed by atoms with Crippen LogP contribution in [0.4, 0.5) is 23.7 Å². The number of nitrogens with one attached hydrogen (secondary N) is 1. The highest BCUT2D eigenvalue weighted by Crippen LogP contribution is 2.33. The monoisotopic (exact) mass is 436 g/mol. The molecule has 0 unspecified atom stereocenters. The summed E-state index contributed by atoms with van der Waals surface area (Å²) in [6.45, 7) is 0.815. The van der Waals surface area contributed by atoms with Crippen molar-refractivity contribution in [1.29, 1.82) is 0 Å². The maximum atomic E-state index is 13.0. The van der Waals surface area contributed by atoms with Crippen LogP contribution < -0.4 is 5.32 Å². The molecular formula is C21H19F3N2O5. The molecule has 1 aliphatic rings. The number of methoxy groups -OCH3 is 1.